The Morgan fingerprint density at radius 3 is 3.00 bits per heavy atom. The number of esters is 1. The van der Waals surface area contributed by atoms with Crippen LogP contribution in [-0.2, 0) is 9.53 Å². The van der Waals surface area contributed by atoms with Crippen molar-refractivity contribution in [2.75, 3.05) is 6.61 Å². The van der Waals surface area contributed by atoms with Crippen molar-refractivity contribution in [3.63, 3.8) is 0 Å². The highest BCUT2D eigenvalue weighted by atomic mass is 79.9. The zero-order valence-electron chi connectivity index (χ0n) is 10.7. The van der Waals surface area contributed by atoms with E-state index in [1.807, 2.05) is 0 Å². The lowest BCUT2D eigenvalue weighted by atomic mass is 9.93. The summed E-state index contributed by atoms with van der Waals surface area (Å²) in [6, 6.07) is 0.792. The number of carboxylic acids is 1. The molecule has 8 heteroatoms. The minimum Gasteiger partial charge on any atom is -0.480 e. The minimum absolute atomic E-state index is 0.0538. The van der Waals surface area contributed by atoms with Gasteiger partial charge in [-0.05, 0) is 28.9 Å². The number of rotatable bonds is 4. The van der Waals surface area contributed by atoms with Gasteiger partial charge >= 0.3 is 11.9 Å². The number of carboxylic acid groups (broad SMARTS) is 1. The lowest BCUT2D eigenvalue weighted by Gasteiger charge is -2.33. The van der Waals surface area contributed by atoms with Crippen LogP contribution in [0.3, 0.4) is 0 Å². The van der Waals surface area contributed by atoms with Gasteiger partial charge in [-0.25, -0.2) is 9.59 Å². The summed E-state index contributed by atoms with van der Waals surface area (Å²) in [6.07, 6.45) is 3.23. The maximum absolute atomic E-state index is 11.8. The van der Waals surface area contributed by atoms with E-state index in [-0.39, 0.29) is 13.0 Å². The molecule has 2 rings (SSSR count). The van der Waals surface area contributed by atoms with Gasteiger partial charge in [0.25, 0.3) is 0 Å². The first-order valence-corrected chi connectivity index (χ1v) is 6.72. The van der Waals surface area contributed by atoms with Gasteiger partial charge in [-0.3, -0.25) is 4.99 Å². The smallest absolute Gasteiger partial charge is 0.354 e. The van der Waals surface area contributed by atoms with Crippen molar-refractivity contribution >= 4 is 34.2 Å². The largest absolute Gasteiger partial charge is 0.480 e. The van der Waals surface area contributed by atoms with Gasteiger partial charge in [-0.1, -0.05) is 0 Å². The van der Waals surface area contributed by atoms with Crippen molar-refractivity contribution in [3.8, 4) is 0 Å². The Kier molecular flexibility index (Phi) is 4.12. The van der Waals surface area contributed by atoms with Crippen LogP contribution in [0.5, 0.6) is 0 Å². The average Bonchev–Trinajstić information content (AvgIpc) is 2.83. The van der Waals surface area contributed by atoms with E-state index in [2.05, 4.69) is 31.2 Å². The van der Waals surface area contributed by atoms with Gasteiger partial charge in [-0.15, -0.1) is 0 Å². The molecule has 2 heterocycles. The summed E-state index contributed by atoms with van der Waals surface area (Å²) in [5.41, 5.74) is -0.315. The molecule has 0 saturated carbocycles. The van der Waals surface area contributed by atoms with Crippen LogP contribution in [0.4, 0.5) is 0 Å². The molecule has 7 nitrogen and oxygen atoms in total. The Morgan fingerprint density at radius 1 is 1.65 bits per heavy atom. The monoisotopic (exact) mass is 343 g/mol. The van der Waals surface area contributed by atoms with E-state index in [4.69, 9.17) is 9.84 Å². The molecular formula is C12H14BrN3O4. The molecule has 108 valence electrons. The standard InChI is InChI=1S/C12H14BrN3O4/c1-12(3-9(10(17)18)15-6-16-12)5-20-11(19)8-2-7(13)4-14-8/h2,4,6,9,14H,3,5H2,1H3,(H,15,16)(H,17,18)/t9?,12-/m1/s1. The molecule has 1 aliphatic heterocycles. The summed E-state index contributed by atoms with van der Waals surface area (Å²) >= 11 is 3.23. The molecule has 1 aromatic rings. The maximum atomic E-state index is 11.8. The zero-order chi connectivity index (χ0) is 14.8. The number of carbonyl (C=O) groups is 2. The second-order valence-electron chi connectivity index (χ2n) is 4.85. The Bertz CT molecular complexity index is 557. The molecule has 3 N–H and O–H groups in total. The van der Waals surface area contributed by atoms with Gasteiger partial charge in [0, 0.05) is 17.1 Å². The number of aliphatic carboxylic acids is 1. The SMILES string of the molecule is C[C@]1(COC(=O)c2cc(Br)c[nH]2)CC(C(=O)O)N=CN1. The maximum Gasteiger partial charge on any atom is 0.354 e. The Hall–Kier alpha value is -1.83. The molecule has 1 aliphatic rings. The number of H-pyrrole nitrogens is 1. The third kappa shape index (κ3) is 3.38. The third-order valence-corrected chi connectivity index (χ3v) is 3.44. The van der Waals surface area contributed by atoms with Crippen molar-refractivity contribution in [1.29, 1.82) is 0 Å². The molecule has 0 aromatic carbocycles. The third-order valence-electron chi connectivity index (χ3n) is 2.99. The molecule has 0 radical (unpaired) electrons. The number of aromatic nitrogens is 1. The topological polar surface area (TPSA) is 104 Å². The fourth-order valence-electron chi connectivity index (χ4n) is 1.86. The average molecular weight is 344 g/mol. The van der Waals surface area contributed by atoms with Gasteiger partial charge in [0.2, 0.25) is 0 Å². The first-order valence-electron chi connectivity index (χ1n) is 5.93. The number of nitrogens with one attached hydrogen (secondary N) is 2. The van der Waals surface area contributed by atoms with Crippen molar-refractivity contribution in [3.05, 3.63) is 22.4 Å². The quantitative estimate of drug-likeness (QED) is 0.712. The van der Waals surface area contributed by atoms with E-state index < -0.39 is 23.5 Å². The normalized spacial score (nSPS) is 25.0. The van der Waals surface area contributed by atoms with E-state index in [9.17, 15) is 9.59 Å². The first kappa shape index (κ1) is 14.6. The van der Waals surface area contributed by atoms with Gasteiger partial charge in [0.15, 0.2) is 6.04 Å². The highest BCUT2D eigenvalue weighted by Gasteiger charge is 2.34. The van der Waals surface area contributed by atoms with Crippen molar-refractivity contribution in [1.82, 2.24) is 10.3 Å². The van der Waals surface area contributed by atoms with E-state index in [1.165, 1.54) is 6.34 Å². The summed E-state index contributed by atoms with van der Waals surface area (Å²) in [6.45, 7) is 1.84. The lowest BCUT2D eigenvalue weighted by Crippen LogP contribution is -2.52. The molecule has 1 unspecified atom stereocenters. The summed E-state index contributed by atoms with van der Waals surface area (Å²) in [7, 11) is 0. The summed E-state index contributed by atoms with van der Waals surface area (Å²) in [4.78, 5) is 29.3. The van der Waals surface area contributed by atoms with Crippen LogP contribution < -0.4 is 5.32 Å². The molecule has 1 aromatic heterocycles. The van der Waals surface area contributed by atoms with Crippen molar-refractivity contribution < 1.29 is 19.4 Å². The van der Waals surface area contributed by atoms with Crippen LogP contribution >= 0.6 is 15.9 Å². The van der Waals surface area contributed by atoms with E-state index >= 15 is 0 Å². The number of ether oxygens (including phenoxy) is 1. The molecule has 0 saturated heterocycles. The van der Waals surface area contributed by atoms with Crippen LogP contribution in [0.2, 0.25) is 0 Å². The number of aliphatic imine (C=N–C) groups is 1. The molecule has 2 atom stereocenters. The van der Waals surface area contributed by atoms with Crippen molar-refractivity contribution in [2.24, 2.45) is 4.99 Å². The molecule has 0 bridgehead atoms. The van der Waals surface area contributed by atoms with E-state index in [0.29, 0.717) is 5.69 Å². The number of halogens is 1. The molecule has 20 heavy (non-hydrogen) atoms. The fourth-order valence-corrected chi connectivity index (χ4v) is 2.20. The molecule has 0 spiro atoms. The second kappa shape index (κ2) is 5.66. The predicted molar refractivity (Wildman–Crippen MR) is 74.8 cm³/mol. The minimum atomic E-state index is -0.992. The van der Waals surface area contributed by atoms with Crippen LogP contribution in [0, 0.1) is 0 Å². The molecule has 0 aliphatic carbocycles. The predicted octanol–water partition coefficient (Wildman–Crippen LogP) is 1.17. The Labute approximate surface area is 123 Å². The van der Waals surface area contributed by atoms with Crippen LogP contribution in [0.15, 0.2) is 21.7 Å². The summed E-state index contributed by atoms with van der Waals surface area (Å²) in [5.74, 6) is -1.48. The van der Waals surface area contributed by atoms with Gasteiger partial charge in [-0.2, -0.15) is 0 Å². The van der Waals surface area contributed by atoms with Gasteiger partial charge in [0.1, 0.15) is 12.3 Å². The molecular weight excluding hydrogens is 330 g/mol. The number of aromatic amines is 1. The highest BCUT2D eigenvalue weighted by Crippen LogP contribution is 2.19. The van der Waals surface area contributed by atoms with Gasteiger partial charge in [0.05, 0.1) is 11.9 Å². The van der Waals surface area contributed by atoms with Crippen LogP contribution in [0.1, 0.15) is 23.8 Å². The summed E-state index contributed by atoms with van der Waals surface area (Å²) < 4.78 is 5.96. The number of hydrogen-bond acceptors (Lipinski definition) is 5. The summed E-state index contributed by atoms with van der Waals surface area (Å²) in [5, 5.41) is 11.9. The lowest BCUT2D eigenvalue weighted by molar-refractivity contribution is -0.139. The highest BCUT2D eigenvalue weighted by molar-refractivity contribution is 9.10. The van der Waals surface area contributed by atoms with Crippen LogP contribution in [-0.4, -0.2) is 46.6 Å². The van der Waals surface area contributed by atoms with Crippen LogP contribution in [0.25, 0.3) is 0 Å². The van der Waals surface area contributed by atoms with Gasteiger partial charge < -0.3 is 20.1 Å². The van der Waals surface area contributed by atoms with E-state index in [0.717, 1.165) is 4.47 Å². The fraction of sp³-hybridized carbons (Fsp3) is 0.417. The van der Waals surface area contributed by atoms with Crippen molar-refractivity contribution in [2.45, 2.75) is 24.9 Å². The number of hydrogen-bond donors (Lipinski definition) is 3. The zero-order valence-corrected chi connectivity index (χ0v) is 12.3. The first-order chi connectivity index (χ1) is 9.39. The molecule has 0 amide bonds. The number of nitrogens with zero attached hydrogens (tertiary/aromatic N) is 1. The van der Waals surface area contributed by atoms with E-state index in [1.54, 1.807) is 19.2 Å². The Balaban J connectivity index is 1.94. The Morgan fingerprint density at radius 2 is 2.40 bits per heavy atom. The second-order valence-corrected chi connectivity index (χ2v) is 5.76. The number of carbonyl (C=O) groups excluding carboxylic acids is 1. The molecule has 0 fully saturated rings.